The van der Waals surface area contributed by atoms with Crippen LogP contribution in [0.5, 0.6) is 0 Å². The highest BCUT2D eigenvalue weighted by Gasteiger charge is 2.57. The van der Waals surface area contributed by atoms with Crippen molar-refractivity contribution >= 4 is 11.8 Å². The van der Waals surface area contributed by atoms with Crippen molar-refractivity contribution in [2.24, 2.45) is 5.92 Å². The van der Waals surface area contributed by atoms with Crippen LogP contribution in [-0.2, 0) is 9.53 Å². The number of carbonyl (C=O) groups is 2. The Morgan fingerprint density at radius 3 is 2.50 bits per heavy atom. The molecule has 2 N–H and O–H groups in total. The van der Waals surface area contributed by atoms with Crippen molar-refractivity contribution in [2.75, 3.05) is 13.7 Å². The van der Waals surface area contributed by atoms with E-state index >= 15 is 0 Å². The van der Waals surface area contributed by atoms with Crippen molar-refractivity contribution in [3.63, 3.8) is 0 Å². The Labute approximate surface area is 217 Å². The molecule has 3 fully saturated rings. The minimum Gasteiger partial charge on any atom is -0.369 e. The van der Waals surface area contributed by atoms with Crippen molar-refractivity contribution in [2.45, 2.75) is 81.6 Å². The number of rotatable bonds is 5. The molecule has 1 atom stereocenters. The number of ether oxygens (including phenoxy) is 1. The smallest absolute Gasteiger partial charge is 0.369 e. The Bertz CT molecular complexity index is 1220. The number of aryl methyl sites for hydroxylation is 1. The van der Waals surface area contributed by atoms with Gasteiger partial charge < -0.3 is 15.0 Å². The zero-order valence-corrected chi connectivity index (χ0v) is 21.3. The van der Waals surface area contributed by atoms with E-state index in [2.05, 4.69) is 20.5 Å². The maximum Gasteiger partial charge on any atom is 0.417 e. The minimum atomic E-state index is -4.45. The summed E-state index contributed by atoms with van der Waals surface area (Å²) in [7, 11) is 1.08. The van der Waals surface area contributed by atoms with Gasteiger partial charge in [-0.2, -0.15) is 18.3 Å². The predicted octanol–water partition coefficient (Wildman–Crippen LogP) is 4.31. The number of pyridine rings is 1. The molecule has 1 saturated heterocycles. The minimum absolute atomic E-state index is 0.170. The Morgan fingerprint density at radius 1 is 1.16 bits per heavy atom. The maximum atomic E-state index is 14.2. The van der Waals surface area contributed by atoms with Gasteiger partial charge in [-0.05, 0) is 70.4 Å². The van der Waals surface area contributed by atoms with Crippen LogP contribution in [0.25, 0.3) is 11.3 Å². The summed E-state index contributed by atoms with van der Waals surface area (Å²) < 4.78 is 59.4. The molecule has 0 aromatic carbocycles. The second-order valence-electron chi connectivity index (χ2n) is 10.8. The molecule has 0 radical (unpaired) electrons. The molecule has 12 heteroatoms. The molecular formula is C26H31F4N5O3. The molecule has 2 aromatic rings. The van der Waals surface area contributed by atoms with Gasteiger partial charge in [-0.3, -0.25) is 19.7 Å². The van der Waals surface area contributed by atoms with Gasteiger partial charge >= 0.3 is 6.18 Å². The number of halogens is 4. The van der Waals surface area contributed by atoms with Crippen molar-refractivity contribution < 1.29 is 31.9 Å². The lowest BCUT2D eigenvalue weighted by Crippen LogP contribution is -2.54. The molecule has 3 heterocycles. The van der Waals surface area contributed by atoms with Crippen molar-refractivity contribution in [3.8, 4) is 11.3 Å². The number of likely N-dealkylation sites (tertiary alicyclic amines) is 1. The van der Waals surface area contributed by atoms with Crippen LogP contribution in [0.2, 0.25) is 0 Å². The molecular weight excluding hydrogens is 506 g/mol. The second kappa shape index (κ2) is 9.62. The van der Waals surface area contributed by atoms with Crippen LogP contribution in [0.3, 0.4) is 0 Å². The van der Waals surface area contributed by atoms with E-state index in [-0.39, 0.29) is 60.7 Å². The summed E-state index contributed by atoms with van der Waals surface area (Å²) in [6.07, 6.45) is -0.835. The fourth-order valence-electron chi connectivity index (χ4n) is 5.96. The molecule has 38 heavy (non-hydrogen) atoms. The Kier molecular flexibility index (Phi) is 6.73. The number of nitrogens with one attached hydrogen (secondary N) is 2. The summed E-state index contributed by atoms with van der Waals surface area (Å²) >= 11 is 0. The van der Waals surface area contributed by atoms with Crippen molar-refractivity contribution in [3.05, 3.63) is 35.5 Å². The third kappa shape index (κ3) is 4.78. The third-order valence-electron chi connectivity index (χ3n) is 8.47. The molecule has 2 aliphatic carbocycles. The van der Waals surface area contributed by atoms with Crippen LogP contribution in [0.15, 0.2) is 18.3 Å². The van der Waals surface area contributed by atoms with Crippen LogP contribution < -0.4 is 5.32 Å². The lowest BCUT2D eigenvalue weighted by molar-refractivity contribution is -0.280. The van der Waals surface area contributed by atoms with E-state index in [1.165, 1.54) is 6.07 Å². The SMILES string of the molecule is CO[C@]1(C(F)(F)F)CC[C@@H](NC(=O)[C@@H]2CCN(C(=O)c3cc(-c4cc(C)ncc4F)[nH]n3)C3(CC3)C2)CC1. The number of aromatic amines is 1. The van der Waals surface area contributed by atoms with Crippen LogP contribution in [0.1, 0.15) is 67.5 Å². The van der Waals surface area contributed by atoms with Crippen LogP contribution in [0.4, 0.5) is 17.6 Å². The highest BCUT2D eigenvalue weighted by Crippen LogP contribution is 2.51. The van der Waals surface area contributed by atoms with E-state index in [1.54, 1.807) is 17.9 Å². The van der Waals surface area contributed by atoms with Crippen molar-refractivity contribution in [1.29, 1.82) is 0 Å². The van der Waals surface area contributed by atoms with Gasteiger partial charge in [0.25, 0.3) is 5.91 Å². The van der Waals surface area contributed by atoms with Gasteiger partial charge in [-0.25, -0.2) is 4.39 Å². The summed E-state index contributed by atoms with van der Waals surface area (Å²) in [6, 6.07) is 2.77. The van der Waals surface area contributed by atoms with E-state index in [4.69, 9.17) is 4.74 Å². The third-order valence-corrected chi connectivity index (χ3v) is 8.47. The fraction of sp³-hybridized carbons (Fsp3) is 0.615. The number of amides is 2. The summed E-state index contributed by atoms with van der Waals surface area (Å²) in [5.74, 6) is -1.28. The molecule has 1 spiro atoms. The standard InChI is InChI=1S/C26H31F4N5O3/c1-15-11-18(19(27)14-31-15)20-12-21(34-33-20)23(37)35-10-5-16(13-24(35)8-9-24)22(36)32-17-3-6-25(38-2,7-4-17)26(28,29)30/h11-12,14,16-17H,3-10,13H2,1-2H3,(H,32,36)(H,33,34)/t16-,17-,25-/m1/s1. The molecule has 3 aliphatic rings. The van der Waals surface area contributed by atoms with Gasteiger partial charge in [-0.1, -0.05) is 0 Å². The molecule has 2 amide bonds. The Hall–Kier alpha value is -3.02. The summed E-state index contributed by atoms with van der Waals surface area (Å²) in [5.41, 5.74) is -1.11. The zero-order chi connectivity index (χ0) is 27.3. The first-order valence-corrected chi connectivity index (χ1v) is 12.9. The molecule has 206 valence electrons. The van der Waals surface area contributed by atoms with Crippen molar-refractivity contribution in [1.82, 2.24) is 25.4 Å². The molecule has 2 aromatic heterocycles. The number of carbonyl (C=O) groups excluding carboxylic acids is 2. The number of H-pyrrole nitrogens is 1. The van der Waals surface area contributed by atoms with E-state index in [1.807, 2.05) is 0 Å². The summed E-state index contributed by atoms with van der Waals surface area (Å²) in [5, 5.41) is 9.82. The predicted molar refractivity (Wildman–Crippen MR) is 128 cm³/mol. The molecule has 5 rings (SSSR count). The Morgan fingerprint density at radius 2 is 1.87 bits per heavy atom. The number of piperidine rings is 1. The van der Waals surface area contributed by atoms with Gasteiger partial charge in [-0.15, -0.1) is 0 Å². The summed E-state index contributed by atoms with van der Waals surface area (Å²) in [6.45, 7) is 2.11. The fourth-order valence-corrected chi connectivity index (χ4v) is 5.96. The first kappa shape index (κ1) is 26.6. The number of hydrogen-bond acceptors (Lipinski definition) is 5. The largest absolute Gasteiger partial charge is 0.417 e. The van der Waals surface area contributed by atoms with E-state index in [0.29, 0.717) is 30.8 Å². The average molecular weight is 538 g/mol. The molecule has 2 saturated carbocycles. The van der Waals surface area contributed by atoms with Crippen LogP contribution in [0, 0.1) is 18.7 Å². The first-order valence-electron chi connectivity index (χ1n) is 12.9. The monoisotopic (exact) mass is 537 g/mol. The van der Waals surface area contributed by atoms with Gasteiger partial charge in [0.2, 0.25) is 5.91 Å². The van der Waals surface area contributed by atoms with Gasteiger partial charge in [0.05, 0.1) is 11.9 Å². The quantitative estimate of drug-likeness (QED) is 0.554. The highest BCUT2D eigenvalue weighted by molar-refractivity contribution is 5.94. The van der Waals surface area contributed by atoms with Gasteiger partial charge in [0.15, 0.2) is 17.1 Å². The zero-order valence-electron chi connectivity index (χ0n) is 21.3. The number of methoxy groups -OCH3 is 1. The van der Waals surface area contributed by atoms with Crippen LogP contribution in [-0.4, -0.2) is 68.9 Å². The number of hydrogen-bond donors (Lipinski definition) is 2. The van der Waals surface area contributed by atoms with Gasteiger partial charge in [0, 0.05) is 42.4 Å². The average Bonchev–Trinajstić information content (AvgIpc) is 3.46. The Balaban J connectivity index is 1.20. The second-order valence-corrected chi connectivity index (χ2v) is 10.8. The lowest BCUT2D eigenvalue weighted by atomic mass is 9.81. The van der Waals surface area contributed by atoms with E-state index < -0.39 is 23.1 Å². The molecule has 0 bridgehead atoms. The van der Waals surface area contributed by atoms with Gasteiger partial charge in [0.1, 0.15) is 0 Å². The van der Waals surface area contributed by atoms with E-state index in [9.17, 15) is 27.2 Å². The first-order chi connectivity index (χ1) is 18.0. The highest BCUT2D eigenvalue weighted by atomic mass is 19.4. The maximum absolute atomic E-state index is 14.2. The topological polar surface area (TPSA) is 100 Å². The summed E-state index contributed by atoms with van der Waals surface area (Å²) in [4.78, 5) is 32.1. The number of nitrogens with zero attached hydrogens (tertiary/aromatic N) is 3. The number of aromatic nitrogens is 3. The normalized spacial score (nSPS) is 26.8. The van der Waals surface area contributed by atoms with E-state index in [0.717, 1.165) is 26.1 Å². The molecule has 8 nitrogen and oxygen atoms in total. The molecule has 0 unspecified atom stereocenters. The number of alkyl halides is 3. The molecule has 1 aliphatic heterocycles. The van der Waals surface area contributed by atoms with Crippen LogP contribution >= 0.6 is 0 Å². The lowest BCUT2D eigenvalue weighted by Gasteiger charge is -2.42.